The molecule has 0 unspecified atom stereocenters. The number of halogens is 1. The van der Waals surface area contributed by atoms with Crippen molar-refractivity contribution in [3.63, 3.8) is 0 Å². The maximum absolute atomic E-state index is 4.44. The van der Waals surface area contributed by atoms with E-state index >= 15 is 0 Å². The predicted molar refractivity (Wildman–Crippen MR) is 76.2 cm³/mol. The van der Waals surface area contributed by atoms with Gasteiger partial charge in [0.05, 0.1) is 10.7 Å². The highest BCUT2D eigenvalue weighted by molar-refractivity contribution is 9.10. The molecular formula is C13H15BrN2S. The smallest absolute Gasteiger partial charge is 0.0897 e. The number of aryl methyl sites for hydroxylation is 1. The molecular weight excluding hydrogens is 296 g/mol. The van der Waals surface area contributed by atoms with E-state index in [0.717, 1.165) is 21.7 Å². The van der Waals surface area contributed by atoms with Gasteiger partial charge in [-0.2, -0.15) is 0 Å². The number of hydrogen-bond donors (Lipinski definition) is 1. The van der Waals surface area contributed by atoms with E-state index in [1.165, 1.54) is 5.56 Å². The summed E-state index contributed by atoms with van der Waals surface area (Å²) in [5.74, 6) is 0. The molecule has 1 aromatic carbocycles. The molecule has 0 aliphatic rings. The molecule has 17 heavy (non-hydrogen) atoms. The lowest BCUT2D eigenvalue weighted by molar-refractivity contribution is 0.568. The van der Waals surface area contributed by atoms with Crippen molar-refractivity contribution in [2.45, 2.75) is 26.4 Å². The molecule has 1 atom stereocenters. The Balaban J connectivity index is 1.95. The highest BCUT2D eigenvalue weighted by atomic mass is 79.9. The first-order valence-electron chi connectivity index (χ1n) is 5.55. The topological polar surface area (TPSA) is 24.9 Å². The van der Waals surface area contributed by atoms with Crippen molar-refractivity contribution in [3.8, 4) is 0 Å². The lowest BCUT2D eigenvalue weighted by Crippen LogP contribution is -2.18. The van der Waals surface area contributed by atoms with Gasteiger partial charge in [-0.3, -0.25) is 0 Å². The molecule has 0 fully saturated rings. The molecule has 2 rings (SSSR count). The van der Waals surface area contributed by atoms with Gasteiger partial charge in [0.15, 0.2) is 0 Å². The summed E-state index contributed by atoms with van der Waals surface area (Å²) in [5, 5.41) is 6.71. The molecule has 90 valence electrons. The Morgan fingerprint density at radius 1 is 1.47 bits per heavy atom. The van der Waals surface area contributed by atoms with Gasteiger partial charge in [-0.1, -0.05) is 28.1 Å². The predicted octanol–water partition coefficient (Wildman–Crippen LogP) is 4.06. The third-order valence-electron chi connectivity index (χ3n) is 2.60. The second-order valence-corrected chi connectivity index (χ2v) is 5.99. The number of aromatic nitrogens is 1. The van der Waals surface area contributed by atoms with Gasteiger partial charge in [0, 0.05) is 22.4 Å². The number of thiazole rings is 1. The highest BCUT2D eigenvalue weighted by Gasteiger charge is 2.06. The quantitative estimate of drug-likeness (QED) is 0.921. The molecule has 2 aromatic rings. The van der Waals surface area contributed by atoms with E-state index in [1.54, 1.807) is 11.3 Å². The summed E-state index contributed by atoms with van der Waals surface area (Å²) in [6.45, 7) is 5.02. The molecule has 0 radical (unpaired) electrons. The zero-order valence-corrected chi connectivity index (χ0v) is 12.3. The van der Waals surface area contributed by atoms with E-state index in [0.29, 0.717) is 6.04 Å². The summed E-state index contributed by atoms with van der Waals surface area (Å²) < 4.78 is 1.12. The van der Waals surface area contributed by atoms with Crippen molar-refractivity contribution in [2.24, 2.45) is 0 Å². The number of nitrogens with one attached hydrogen (secondary N) is 1. The van der Waals surface area contributed by atoms with Gasteiger partial charge in [0.2, 0.25) is 0 Å². The first-order valence-corrected chi connectivity index (χ1v) is 7.22. The molecule has 1 aromatic heterocycles. The fourth-order valence-electron chi connectivity index (χ4n) is 1.64. The van der Waals surface area contributed by atoms with E-state index < -0.39 is 0 Å². The lowest BCUT2D eigenvalue weighted by Gasteiger charge is -2.13. The van der Waals surface area contributed by atoms with Crippen LogP contribution in [0, 0.1) is 6.92 Å². The monoisotopic (exact) mass is 310 g/mol. The van der Waals surface area contributed by atoms with Crippen molar-refractivity contribution >= 4 is 27.3 Å². The van der Waals surface area contributed by atoms with Crippen LogP contribution >= 0.6 is 27.3 Å². The van der Waals surface area contributed by atoms with Gasteiger partial charge in [-0.15, -0.1) is 11.3 Å². The van der Waals surface area contributed by atoms with Crippen LogP contribution < -0.4 is 5.32 Å². The van der Waals surface area contributed by atoms with Crippen LogP contribution in [-0.4, -0.2) is 4.98 Å². The molecule has 0 amide bonds. The minimum absolute atomic E-state index is 0.328. The van der Waals surface area contributed by atoms with E-state index in [9.17, 15) is 0 Å². The van der Waals surface area contributed by atoms with Gasteiger partial charge >= 0.3 is 0 Å². The zero-order valence-electron chi connectivity index (χ0n) is 9.90. The molecule has 1 heterocycles. The summed E-state index contributed by atoms with van der Waals surface area (Å²) in [5.41, 5.74) is 2.40. The summed E-state index contributed by atoms with van der Waals surface area (Å²) in [4.78, 5) is 4.44. The van der Waals surface area contributed by atoms with Gasteiger partial charge in [-0.05, 0) is 31.5 Å². The van der Waals surface area contributed by atoms with E-state index in [4.69, 9.17) is 0 Å². The van der Waals surface area contributed by atoms with Crippen molar-refractivity contribution in [1.29, 1.82) is 0 Å². The Morgan fingerprint density at radius 2 is 2.29 bits per heavy atom. The summed E-state index contributed by atoms with van der Waals surface area (Å²) in [7, 11) is 0. The van der Waals surface area contributed by atoms with Crippen LogP contribution in [0.4, 0.5) is 0 Å². The van der Waals surface area contributed by atoms with Gasteiger partial charge < -0.3 is 5.32 Å². The van der Waals surface area contributed by atoms with Gasteiger partial charge in [0.1, 0.15) is 0 Å². The van der Waals surface area contributed by atoms with Crippen LogP contribution in [0.3, 0.4) is 0 Å². The number of rotatable bonds is 4. The van der Waals surface area contributed by atoms with Crippen LogP contribution in [0.1, 0.15) is 29.2 Å². The number of hydrogen-bond acceptors (Lipinski definition) is 3. The summed E-state index contributed by atoms with van der Waals surface area (Å²) in [6.07, 6.45) is 0. The molecule has 1 N–H and O–H groups in total. The third kappa shape index (κ3) is 3.63. The van der Waals surface area contributed by atoms with Crippen molar-refractivity contribution in [2.75, 3.05) is 0 Å². The largest absolute Gasteiger partial charge is 0.305 e. The Bertz CT molecular complexity index is 496. The zero-order chi connectivity index (χ0) is 12.3. The Hall–Kier alpha value is -0.710. The molecule has 0 aliphatic heterocycles. The third-order valence-corrected chi connectivity index (χ3v) is 3.92. The fraction of sp³-hybridized carbons (Fsp3) is 0.308. The lowest BCUT2D eigenvalue weighted by atomic mass is 10.1. The van der Waals surface area contributed by atoms with E-state index in [2.05, 4.69) is 56.7 Å². The van der Waals surface area contributed by atoms with Gasteiger partial charge in [-0.25, -0.2) is 4.98 Å². The van der Waals surface area contributed by atoms with Crippen LogP contribution in [-0.2, 0) is 6.54 Å². The fourth-order valence-corrected chi connectivity index (χ4v) is 2.67. The Kier molecular flexibility index (Phi) is 4.31. The van der Waals surface area contributed by atoms with Crippen molar-refractivity contribution < 1.29 is 0 Å². The first-order chi connectivity index (χ1) is 8.15. The molecule has 2 nitrogen and oxygen atoms in total. The highest BCUT2D eigenvalue weighted by Crippen LogP contribution is 2.18. The summed E-state index contributed by atoms with van der Waals surface area (Å²) in [6, 6.07) is 8.71. The maximum Gasteiger partial charge on any atom is 0.0897 e. The standard InChI is InChI=1S/C13H15BrN2S/c1-9(11-4-3-5-12(14)6-11)15-7-13-8-17-10(2)16-13/h3-6,8-9,15H,7H2,1-2H3/t9-/m0/s1. The maximum atomic E-state index is 4.44. The molecule has 0 bridgehead atoms. The van der Waals surface area contributed by atoms with E-state index in [1.807, 2.05) is 13.0 Å². The molecule has 4 heteroatoms. The van der Waals surface area contributed by atoms with Crippen LogP contribution in [0.2, 0.25) is 0 Å². The first kappa shape index (κ1) is 12.7. The number of benzene rings is 1. The summed E-state index contributed by atoms with van der Waals surface area (Å²) >= 11 is 5.19. The Labute approximate surface area is 114 Å². The minimum Gasteiger partial charge on any atom is -0.305 e. The van der Waals surface area contributed by atoms with E-state index in [-0.39, 0.29) is 0 Å². The second-order valence-electron chi connectivity index (χ2n) is 4.02. The second kappa shape index (κ2) is 5.76. The SMILES string of the molecule is Cc1nc(CN[C@@H](C)c2cccc(Br)c2)cs1. The average molecular weight is 311 g/mol. The van der Waals surface area contributed by atoms with Crippen molar-refractivity contribution in [1.82, 2.24) is 10.3 Å². The number of nitrogens with zero attached hydrogens (tertiary/aromatic N) is 1. The Morgan fingerprint density at radius 3 is 2.94 bits per heavy atom. The average Bonchev–Trinajstić information content (AvgIpc) is 2.72. The van der Waals surface area contributed by atoms with Crippen molar-refractivity contribution in [3.05, 3.63) is 50.4 Å². The van der Waals surface area contributed by atoms with Crippen LogP contribution in [0.25, 0.3) is 0 Å². The van der Waals surface area contributed by atoms with Crippen LogP contribution in [0.15, 0.2) is 34.1 Å². The molecule has 0 aliphatic carbocycles. The molecule has 0 spiro atoms. The van der Waals surface area contributed by atoms with Gasteiger partial charge in [0.25, 0.3) is 0 Å². The molecule has 0 saturated carbocycles. The molecule has 0 saturated heterocycles. The van der Waals surface area contributed by atoms with Crippen LogP contribution in [0.5, 0.6) is 0 Å². The normalized spacial score (nSPS) is 12.6. The minimum atomic E-state index is 0.328.